The summed E-state index contributed by atoms with van der Waals surface area (Å²) >= 11 is 0. The van der Waals surface area contributed by atoms with Gasteiger partial charge < -0.3 is 15.8 Å². The van der Waals surface area contributed by atoms with E-state index < -0.39 is 0 Å². The minimum Gasteiger partial charge on any atom is -0.457 e. The summed E-state index contributed by atoms with van der Waals surface area (Å²) in [6, 6.07) is 12.9. The Morgan fingerprint density at radius 1 is 1.11 bits per heavy atom. The van der Waals surface area contributed by atoms with Crippen molar-refractivity contribution in [1.29, 1.82) is 0 Å². The number of aryl methyl sites for hydroxylation is 1. The van der Waals surface area contributed by atoms with Crippen LogP contribution in [-0.4, -0.2) is 5.91 Å². The highest BCUT2D eigenvalue weighted by Crippen LogP contribution is 2.28. The van der Waals surface area contributed by atoms with Crippen LogP contribution in [0.3, 0.4) is 0 Å². The number of carbonyl (C=O) groups is 1. The maximum atomic E-state index is 11.1. The number of anilines is 2. The molecule has 0 saturated heterocycles. The zero-order valence-corrected chi connectivity index (χ0v) is 10.9. The third-order valence-corrected chi connectivity index (χ3v) is 2.59. The number of rotatable bonds is 3. The van der Waals surface area contributed by atoms with Crippen molar-refractivity contribution in [2.45, 2.75) is 13.8 Å². The fraction of sp³-hybridized carbons (Fsp3) is 0.133. The van der Waals surface area contributed by atoms with E-state index in [9.17, 15) is 4.79 Å². The lowest BCUT2D eigenvalue weighted by atomic mass is 10.2. The Balaban J connectivity index is 2.21. The number of nitrogens with one attached hydrogen (secondary N) is 1. The van der Waals surface area contributed by atoms with Crippen molar-refractivity contribution in [3.05, 3.63) is 48.0 Å². The molecule has 0 radical (unpaired) electrons. The predicted octanol–water partition coefficient (Wildman–Crippen LogP) is 3.33. The molecule has 4 nitrogen and oxygen atoms in total. The van der Waals surface area contributed by atoms with Crippen molar-refractivity contribution in [3.63, 3.8) is 0 Å². The van der Waals surface area contributed by atoms with Gasteiger partial charge in [0, 0.05) is 13.0 Å². The van der Waals surface area contributed by atoms with Gasteiger partial charge in [-0.3, -0.25) is 4.79 Å². The van der Waals surface area contributed by atoms with Crippen LogP contribution in [0.25, 0.3) is 0 Å². The Bertz CT molecular complexity index is 592. The summed E-state index contributed by atoms with van der Waals surface area (Å²) in [6.45, 7) is 3.45. The van der Waals surface area contributed by atoms with Gasteiger partial charge in [-0.15, -0.1) is 0 Å². The monoisotopic (exact) mass is 256 g/mol. The maximum absolute atomic E-state index is 11.1. The quantitative estimate of drug-likeness (QED) is 0.828. The third-order valence-electron chi connectivity index (χ3n) is 2.59. The molecule has 0 heterocycles. The largest absolute Gasteiger partial charge is 0.457 e. The Hall–Kier alpha value is -2.49. The topological polar surface area (TPSA) is 64.3 Å². The lowest BCUT2D eigenvalue weighted by molar-refractivity contribution is -0.114. The molecule has 98 valence electrons. The van der Waals surface area contributed by atoms with Crippen LogP contribution in [0.15, 0.2) is 42.5 Å². The molecule has 0 aliphatic rings. The summed E-state index contributed by atoms with van der Waals surface area (Å²) in [4.78, 5) is 11.1. The molecule has 0 aliphatic heterocycles. The Morgan fingerprint density at radius 2 is 1.74 bits per heavy atom. The van der Waals surface area contributed by atoms with Gasteiger partial charge in [0.2, 0.25) is 5.91 Å². The van der Waals surface area contributed by atoms with Gasteiger partial charge in [0.15, 0.2) is 0 Å². The van der Waals surface area contributed by atoms with Crippen molar-refractivity contribution >= 4 is 17.3 Å². The van der Waals surface area contributed by atoms with Gasteiger partial charge in [-0.2, -0.15) is 0 Å². The molecule has 19 heavy (non-hydrogen) atoms. The molecular weight excluding hydrogens is 240 g/mol. The van der Waals surface area contributed by atoms with Crippen molar-refractivity contribution in [1.82, 2.24) is 0 Å². The molecule has 0 spiro atoms. The van der Waals surface area contributed by atoms with E-state index >= 15 is 0 Å². The molecule has 3 N–H and O–H groups in total. The van der Waals surface area contributed by atoms with Crippen LogP contribution in [0.2, 0.25) is 0 Å². The van der Waals surface area contributed by atoms with Gasteiger partial charge in [-0.25, -0.2) is 0 Å². The average Bonchev–Trinajstić information content (AvgIpc) is 2.36. The smallest absolute Gasteiger partial charge is 0.221 e. The Morgan fingerprint density at radius 3 is 2.37 bits per heavy atom. The molecule has 0 unspecified atom stereocenters. The lowest BCUT2D eigenvalue weighted by Crippen LogP contribution is -2.08. The minimum absolute atomic E-state index is 0.167. The molecule has 0 aromatic heterocycles. The molecule has 4 heteroatoms. The molecule has 0 atom stereocenters. The van der Waals surface area contributed by atoms with Crippen molar-refractivity contribution < 1.29 is 9.53 Å². The van der Waals surface area contributed by atoms with E-state index in [2.05, 4.69) is 5.32 Å². The number of carbonyl (C=O) groups excluding carboxylic acids is 1. The third kappa shape index (κ3) is 3.48. The van der Waals surface area contributed by atoms with Gasteiger partial charge in [0.1, 0.15) is 11.5 Å². The van der Waals surface area contributed by atoms with Crippen LogP contribution < -0.4 is 15.8 Å². The van der Waals surface area contributed by atoms with Gasteiger partial charge in [0.05, 0.1) is 11.4 Å². The highest BCUT2D eigenvalue weighted by molar-refractivity contribution is 5.92. The first-order valence-corrected chi connectivity index (χ1v) is 5.96. The van der Waals surface area contributed by atoms with E-state index in [1.807, 2.05) is 31.2 Å². The average molecular weight is 256 g/mol. The second-order valence-electron chi connectivity index (χ2n) is 4.35. The van der Waals surface area contributed by atoms with E-state index in [0.717, 1.165) is 5.75 Å². The first-order valence-electron chi connectivity index (χ1n) is 5.96. The number of hydrogen-bond acceptors (Lipinski definition) is 3. The Kier molecular flexibility index (Phi) is 3.71. The lowest BCUT2D eigenvalue weighted by Gasteiger charge is -2.10. The van der Waals surface area contributed by atoms with E-state index in [1.165, 1.54) is 12.5 Å². The number of nitrogen functional groups attached to an aromatic ring is 1. The molecule has 1 amide bonds. The highest BCUT2D eigenvalue weighted by Gasteiger charge is 2.04. The van der Waals surface area contributed by atoms with Gasteiger partial charge in [-0.1, -0.05) is 17.7 Å². The van der Waals surface area contributed by atoms with E-state index in [-0.39, 0.29) is 5.91 Å². The first-order chi connectivity index (χ1) is 9.04. The number of hydrogen-bond donors (Lipinski definition) is 2. The zero-order chi connectivity index (χ0) is 13.8. The summed E-state index contributed by atoms with van der Waals surface area (Å²) in [7, 11) is 0. The number of ether oxygens (including phenoxy) is 1. The normalized spacial score (nSPS) is 10.0. The van der Waals surface area contributed by atoms with Crippen LogP contribution in [0.1, 0.15) is 12.5 Å². The highest BCUT2D eigenvalue weighted by atomic mass is 16.5. The van der Waals surface area contributed by atoms with Gasteiger partial charge >= 0.3 is 0 Å². The van der Waals surface area contributed by atoms with Crippen LogP contribution in [0, 0.1) is 6.92 Å². The fourth-order valence-electron chi connectivity index (χ4n) is 1.64. The summed E-state index contributed by atoms with van der Waals surface area (Å²) < 4.78 is 5.70. The van der Waals surface area contributed by atoms with Crippen molar-refractivity contribution in [2.24, 2.45) is 0 Å². The number of amides is 1. The number of benzene rings is 2. The fourth-order valence-corrected chi connectivity index (χ4v) is 1.64. The standard InChI is InChI=1S/C15H16N2O2/c1-10-3-5-12(6-4-10)19-13-7-8-14(16)15(9-13)17-11(2)18/h3-9H,16H2,1-2H3,(H,17,18). The molecule has 2 aromatic carbocycles. The molecular formula is C15H16N2O2. The minimum atomic E-state index is -0.167. The molecule has 0 fully saturated rings. The Labute approximate surface area is 112 Å². The summed E-state index contributed by atoms with van der Waals surface area (Å²) in [5, 5.41) is 2.66. The number of nitrogens with two attached hydrogens (primary N) is 1. The summed E-state index contributed by atoms with van der Waals surface area (Å²) in [5.74, 6) is 1.20. The van der Waals surface area contributed by atoms with Gasteiger partial charge in [0.25, 0.3) is 0 Å². The maximum Gasteiger partial charge on any atom is 0.221 e. The second-order valence-corrected chi connectivity index (χ2v) is 4.35. The van der Waals surface area contributed by atoms with Crippen LogP contribution in [0.5, 0.6) is 11.5 Å². The molecule has 2 aromatic rings. The SMILES string of the molecule is CC(=O)Nc1cc(Oc2ccc(C)cc2)ccc1N. The van der Waals surface area contributed by atoms with Gasteiger partial charge in [-0.05, 0) is 31.2 Å². The predicted molar refractivity (Wildman–Crippen MR) is 76.4 cm³/mol. The van der Waals surface area contributed by atoms with E-state index in [0.29, 0.717) is 17.1 Å². The van der Waals surface area contributed by atoms with E-state index in [4.69, 9.17) is 10.5 Å². The molecule has 2 rings (SSSR count). The molecule has 0 aliphatic carbocycles. The zero-order valence-electron chi connectivity index (χ0n) is 10.9. The van der Waals surface area contributed by atoms with Crippen LogP contribution in [0.4, 0.5) is 11.4 Å². The van der Waals surface area contributed by atoms with Crippen LogP contribution in [-0.2, 0) is 4.79 Å². The van der Waals surface area contributed by atoms with Crippen molar-refractivity contribution in [3.8, 4) is 11.5 Å². The molecule has 0 saturated carbocycles. The van der Waals surface area contributed by atoms with Crippen molar-refractivity contribution in [2.75, 3.05) is 11.1 Å². The summed E-state index contributed by atoms with van der Waals surface area (Å²) in [5.41, 5.74) is 8.01. The molecule has 0 bridgehead atoms. The van der Waals surface area contributed by atoms with E-state index in [1.54, 1.807) is 18.2 Å². The summed E-state index contributed by atoms with van der Waals surface area (Å²) in [6.07, 6.45) is 0. The second kappa shape index (κ2) is 5.44. The van der Waals surface area contributed by atoms with Crippen LogP contribution >= 0.6 is 0 Å². The first kappa shape index (κ1) is 13.0.